The predicted molar refractivity (Wildman–Crippen MR) is 99.0 cm³/mol. The molecule has 0 aliphatic heterocycles. The maximum Gasteiger partial charge on any atom is 0.252 e. The van der Waals surface area contributed by atoms with Crippen LogP contribution in [0.3, 0.4) is 0 Å². The fourth-order valence-electron chi connectivity index (χ4n) is 2.28. The third-order valence-electron chi connectivity index (χ3n) is 3.65. The monoisotopic (exact) mass is 372 g/mol. The molecule has 8 heteroatoms. The number of ether oxygens (including phenoxy) is 1. The van der Waals surface area contributed by atoms with Crippen molar-refractivity contribution in [1.29, 1.82) is 0 Å². The molecule has 0 aliphatic rings. The number of nitrogens with zero attached hydrogens (tertiary/aromatic N) is 3. The smallest absolute Gasteiger partial charge is 0.252 e. The minimum Gasteiger partial charge on any atom is -0.364 e. The van der Waals surface area contributed by atoms with Crippen LogP contribution in [0.1, 0.15) is 36.8 Å². The van der Waals surface area contributed by atoms with Crippen molar-refractivity contribution in [3.63, 3.8) is 0 Å². The Balaban J connectivity index is 1.51. The van der Waals surface area contributed by atoms with Crippen LogP contribution in [0.5, 0.6) is 0 Å². The van der Waals surface area contributed by atoms with E-state index < -0.39 is 0 Å². The summed E-state index contributed by atoms with van der Waals surface area (Å²) in [6.45, 7) is 6.22. The van der Waals surface area contributed by atoms with Crippen molar-refractivity contribution < 1.29 is 14.1 Å². The summed E-state index contributed by atoms with van der Waals surface area (Å²) in [7, 11) is 0. The summed E-state index contributed by atoms with van der Waals surface area (Å²) < 4.78 is 10.3. The average molecular weight is 372 g/mol. The molecule has 0 unspecified atom stereocenters. The number of rotatable bonds is 7. The number of carbonyl (C=O) groups is 1. The highest BCUT2D eigenvalue weighted by atomic mass is 32.1. The molecular formula is C18H20N4O3S. The van der Waals surface area contributed by atoms with Gasteiger partial charge in [-0.2, -0.15) is 0 Å². The summed E-state index contributed by atoms with van der Waals surface area (Å²) in [6.07, 6.45) is 0. The number of hydrogen-bond donors (Lipinski definition) is 1. The predicted octanol–water partition coefficient (Wildman–Crippen LogP) is 3.78. The van der Waals surface area contributed by atoms with Gasteiger partial charge in [-0.05, 0) is 18.4 Å². The molecule has 0 aliphatic carbocycles. The second-order valence-electron chi connectivity index (χ2n) is 6.16. The molecule has 7 nitrogen and oxygen atoms in total. The Morgan fingerprint density at radius 3 is 2.69 bits per heavy atom. The first-order valence-electron chi connectivity index (χ1n) is 8.25. The average Bonchev–Trinajstić information content (AvgIpc) is 3.24. The molecule has 0 fully saturated rings. The first-order chi connectivity index (χ1) is 12.5. The highest BCUT2D eigenvalue weighted by molar-refractivity contribution is 7.18. The van der Waals surface area contributed by atoms with Crippen LogP contribution in [0.4, 0.5) is 5.13 Å². The van der Waals surface area contributed by atoms with Gasteiger partial charge in [0.05, 0.1) is 5.69 Å². The molecule has 1 amide bonds. The Bertz CT molecular complexity index is 871. The quantitative estimate of drug-likeness (QED) is 0.679. The molecular weight excluding hydrogens is 352 g/mol. The second kappa shape index (κ2) is 8.20. The van der Waals surface area contributed by atoms with E-state index in [1.54, 1.807) is 6.07 Å². The number of carbonyl (C=O) groups excluding carboxylic acids is 1. The normalized spacial score (nSPS) is 11.1. The van der Waals surface area contributed by atoms with Crippen molar-refractivity contribution in [2.24, 2.45) is 0 Å². The van der Waals surface area contributed by atoms with Gasteiger partial charge in [0.15, 0.2) is 5.76 Å². The highest BCUT2D eigenvalue weighted by Gasteiger charge is 2.11. The summed E-state index contributed by atoms with van der Waals surface area (Å²) in [5, 5.41) is 15.8. The van der Waals surface area contributed by atoms with Crippen LogP contribution in [0.15, 0.2) is 34.9 Å². The standard InChI is InChI=1S/C18H20N4O3S/c1-11(2)13-4-6-14(7-5-13)17-20-21-18(26-17)19-16(23)10-24-9-15-8-12(3)22-25-15/h4-8,11H,9-10H2,1-3H3,(H,19,21,23). The molecule has 2 heterocycles. The molecule has 26 heavy (non-hydrogen) atoms. The van der Waals surface area contributed by atoms with Gasteiger partial charge in [0.2, 0.25) is 5.13 Å². The lowest BCUT2D eigenvalue weighted by Crippen LogP contribution is -2.18. The number of benzene rings is 1. The third kappa shape index (κ3) is 4.74. The summed E-state index contributed by atoms with van der Waals surface area (Å²) in [4.78, 5) is 11.9. The van der Waals surface area contributed by atoms with Crippen LogP contribution in [0, 0.1) is 6.92 Å². The molecule has 0 saturated carbocycles. The second-order valence-corrected chi connectivity index (χ2v) is 7.14. The number of hydrogen-bond acceptors (Lipinski definition) is 7. The van der Waals surface area contributed by atoms with E-state index in [1.807, 2.05) is 19.1 Å². The Hall–Kier alpha value is -2.58. The van der Waals surface area contributed by atoms with Gasteiger partial charge in [-0.15, -0.1) is 10.2 Å². The van der Waals surface area contributed by atoms with Crippen LogP contribution in [0.2, 0.25) is 0 Å². The zero-order chi connectivity index (χ0) is 18.5. The lowest BCUT2D eigenvalue weighted by molar-refractivity contribution is -0.121. The largest absolute Gasteiger partial charge is 0.364 e. The van der Waals surface area contributed by atoms with Crippen molar-refractivity contribution in [2.75, 3.05) is 11.9 Å². The van der Waals surface area contributed by atoms with Crippen molar-refractivity contribution in [1.82, 2.24) is 15.4 Å². The van der Waals surface area contributed by atoms with Crippen LogP contribution in [-0.2, 0) is 16.1 Å². The first-order valence-corrected chi connectivity index (χ1v) is 9.06. The zero-order valence-corrected chi connectivity index (χ0v) is 15.7. The lowest BCUT2D eigenvalue weighted by Gasteiger charge is -2.04. The van der Waals surface area contributed by atoms with E-state index in [9.17, 15) is 4.79 Å². The van der Waals surface area contributed by atoms with Gasteiger partial charge >= 0.3 is 0 Å². The van der Waals surface area contributed by atoms with Gasteiger partial charge in [-0.1, -0.05) is 54.6 Å². The van der Waals surface area contributed by atoms with Crippen molar-refractivity contribution in [3.05, 3.63) is 47.3 Å². The van der Waals surface area contributed by atoms with Gasteiger partial charge in [0.25, 0.3) is 5.91 Å². The molecule has 0 radical (unpaired) electrons. The molecule has 2 aromatic heterocycles. The molecule has 0 bridgehead atoms. The summed E-state index contributed by atoms with van der Waals surface area (Å²) in [6, 6.07) is 9.96. The summed E-state index contributed by atoms with van der Waals surface area (Å²) in [5.74, 6) is 0.770. The number of aromatic nitrogens is 3. The molecule has 3 rings (SSSR count). The van der Waals surface area contributed by atoms with Gasteiger partial charge in [0.1, 0.15) is 18.2 Å². The number of aryl methyl sites for hydroxylation is 1. The van der Waals surface area contributed by atoms with Crippen LogP contribution >= 0.6 is 11.3 Å². The minimum absolute atomic E-state index is 0.0995. The Labute approximate surface area is 155 Å². The van der Waals surface area contributed by atoms with Crippen LogP contribution in [-0.4, -0.2) is 27.9 Å². The van der Waals surface area contributed by atoms with E-state index in [4.69, 9.17) is 9.26 Å². The Morgan fingerprint density at radius 2 is 2.04 bits per heavy atom. The van der Waals surface area contributed by atoms with E-state index in [0.717, 1.165) is 16.3 Å². The highest BCUT2D eigenvalue weighted by Crippen LogP contribution is 2.27. The minimum atomic E-state index is -0.293. The number of anilines is 1. The van der Waals surface area contributed by atoms with E-state index in [1.165, 1.54) is 16.9 Å². The van der Waals surface area contributed by atoms with Gasteiger partial charge in [0, 0.05) is 11.6 Å². The van der Waals surface area contributed by atoms with E-state index in [-0.39, 0.29) is 19.1 Å². The number of amides is 1. The maximum absolute atomic E-state index is 11.9. The zero-order valence-electron chi connectivity index (χ0n) is 14.9. The van der Waals surface area contributed by atoms with Crippen LogP contribution in [0.25, 0.3) is 10.6 Å². The van der Waals surface area contributed by atoms with Gasteiger partial charge in [-0.25, -0.2) is 0 Å². The fraction of sp³-hybridized carbons (Fsp3) is 0.333. The molecule has 3 aromatic rings. The van der Waals surface area contributed by atoms with Crippen molar-refractivity contribution in [3.8, 4) is 10.6 Å². The van der Waals surface area contributed by atoms with E-state index in [2.05, 4.69) is 46.7 Å². The molecule has 136 valence electrons. The molecule has 0 atom stereocenters. The summed E-state index contributed by atoms with van der Waals surface area (Å²) >= 11 is 1.32. The van der Waals surface area contributed by atoms with Crippen molar-refractivity contribution >= 4 is 22.4 Å². The van der Waals surface area contributed by atoms with Gasteiger partial charge in [-0.3, -0.25) is 10.1 Å². The lowest BCUT2D eigenvalue weighted by atomic mass is 10.0. The fourth-order valence-corrected chi connectivity index (χ4v) is 3.05. The topological polar surface area (TPSA) is 90.1 Å². The van der Waals surface area contributed by atoms with Crippen LogP contribution < -0.4 is 5.32 Å². The third-order valence-corrected chi connectivity index (χ3v) is 4.54. The maximum atomic E-state index is 11.9. The first kappa shape index (κ1) is 18.2. The molecule has 1 aromatic carbocycles. The van der Waals surface area contributed by atoms with E-state index >= 15 is 0 Å². The Kier molecular flexibility index (Phi) is 5.75. The van der Waals surface area contributed by atoms with Crippen molar-refractivity contribution in [2.45, 2.75) is 33.3 Å². The SMILES string of the molecule is Cc1cc(COCC(=O)Nc2nnc(-c3ccc(C(C)C)cc3)s2)on1. The van der Waals surface area contributed by atoms with E-state index in [0.29, 0.717) is 16.8 Å². The van der Waals surface area contributed by atoms with Gasteiger partial charge < -0.3 is 9.26 Å². The molecule has 0 saturated heterocycles. The Morgan fingerprint density at radius 1 is 1.27 bits per heavy atom. The molecule has 1 N–H and O–H groups in total. The summed E-state index contributed by atoms with van der Waals surface area (Å²) in [5.41, 5.74) is 3.02. The molecule has 0 spiro atoms. The number of nitrogens with one attached hydrogen (secondary N) is 1.